The highest BCUT2D eigenvalue weighted by Gasteiger charge is 2.31. The van der Waals surface area contributed by atoms with Gasteiger partial charge in [0.1, 0.15) is 11.9 Å². The maximum Gasteiger partial charge on any atom is 0.325 e. The minimum atomic E-state index is -0.411. The van der Waals surface area contributed by atoms with Gasteiger partial charge in [-0.1, -0.05) is 23.8 Å². The summed E-state index contributed by atoms with van der Waals surface area (Å²) in [7, 11) is 0. The summed E-state index contributed by atoms with van der Waals surface area (Å²) in [6.07, 6.45) is 0. The first kappa shape index (κ1) is 16.7. The number of ether oxygens (including phenoxy) is 1. The van der Waals surface area contributed by atoms with Gasteiger partial charge in [0.2, 0.25) is 0 Å². The van der Waals surface area contributed by atoms with Crippen molar-refractivity contribution in [1.82, 2.24) is 10.2 Å². The molecule has 6 heteroatoms. The third-order valence-electron chi connectivity index (χ3n) is 3.53. The maximum absolute atomic E-state index is 12.3. The van der Waals surface area contributed by atoms with Crippen molar-refractivity contribution < 1.29 is 14.3 Å². The third kappa shape index (κ3) is 3.94. The predicted molar refractivity (Wildman–Crippen MR) is 87.9 cm³/mol. The lowest BCUT2D eigenvalue weighted by Crippen LogP contribution is -2.42. The van der Waals surface area contributed by atoms with Crippen molar-refractivity contribution in [2.45, 2.75) is 26.1 Å². The van der Waals surface area contributed by atoms with Gasteiger partial charge in [-0.3, -0.25) is 4.79 Å². The Hall–Kier alpha value is -1.69. The molecule has 0 spiro atoms. The van der Waals surface area contributed by atoms with Gasteiger partial charge in [-0.25, -0.2) is 4.79 Å². The number of hydrogen-bond donors (Lipinski definition) is 1. The lowest BCUT2D eigenvalue weighted by atomic mass is 10.1. The molecule has 1 aliphatic rings. The zero-order chi connectivity index (χ0) is 16.1. The van der Waals surface area contributed by atoms with Crippen LogP contribution in [0.5, 0.6) is 0 Å². The number of aryl methyl sites for hydroxylation is 2. The molecule has 1 aromatic rings. The number of urea groups is 1. The van der Waals surface area contributed by atoms with Crippen LogP contribution in [0, 0.1) is 13.8 Å². The molecule has 1 saturated heterocycles. The fourth-order valence-corrected chi connectivity index (χ4v) is 3.85. The number of rotatable bonds is 4. The Kier molecular flexibility index (Phi) is 5.71. The van der Waals surface area contributed by atoms with E-state index in [1.165, 1.54) is 11.1 Å². The van der Waals surface area contributed by atoms with Crippen LogP contribution in [-0.4, -0.2) is 42.3 Å². The van der Waals surface area contributed by atoms with Crippen LogP contribution >= 0.6 is 11.8 Å². The smallest absolute Gasteiger partial charge is 0.325 e. The van der Waals surface area contributed by atoms with Crippen molar-refractivity contribution in [3.05, 3.63) is 34.9 Å². The molecule has 0 saturated carbocycles. The van der Waals surface area contributed by atoms with E-state index < -0.39 is 5.97 Å². The predicted octanol–water partition coefficient (Wildman–Crippen LogP) is 2.62. The van der Waals surface area contributed by atoms with Gasteiger partial charge in [-0.05, 0) is 31.9 Å². The summed E-state index contributed by atoms with van der Waals surface area (Å²) in [4.78, 5) is 25.4. The highest BCUT2D eigenvalue weighted by atomic mass is 32.2. The Bertz CT molecular complexity index is 562. The van der Waals surface area contributed by atoms with E-state index in [1.54, 1.807) is 23.6 Å². The molecule has 1 aliphatic heterocycles. The molecule has 1 unspecified atom stereocenters. The average molecular weight is 322 g/mol. The monoisotopic (exact) mass is 322 g/mol. The zero-order valence-corrected chi connectivity index (χ0v) is 14.0. The van der Waals surface area contributed by atoms with E-state index in [9.17, 15) is 9.59 Å². The molecule has 0 bridgehead atoms. The van der Waals surface area contributed by atoms with Gasteiger partial charge in [0.15, 0.2) is 0 Å². The molecule has 0 aromatic heterocycles. The van der Waals surface area contributed by atoms with Gasteiger partial charge in [-0.15, -0.1) is 11.8 Å². The maximum atomic E-state index is 12.3. The fraction of sp³-hybridized carbons (Fsp3) is 0.500. The van der Waals surface area contributed by atoms with Crippen LogP contribution < -0.4 is 5.32 Å². The van der Waals surface area contributed by atoms with E-state index in [-0.39, 0.29) is 17.9 Å². The van der Waals surface area contributed by atoms with Gasteiger partial charge in [-0.2, -0.15) is 0 Å². The highest BCUT2D eigenvalue weighted by Crippen LogP contribution is 2.39. The summed E-state index contributed by atoms with van der Waals surface area (Å²) in [6, 6.07) is 6.06. The molecule has 1 atom stereocenters. The van der Waals surface area contributed by atoms with Crippen molar-refractivity contribution in [2.24, 2.45) is 0 Å². The second kappa shape index (κ2) is 7.54. The minimum Gasteiger partial charge on any atom is -0.465 e. The van der Waals surface area contributed by atoms with Gasteiger partial charge in [0.25, 0.3) is 0 Å². The molecule has 2 rings (SSSR count). The van der Waals surface area contributed by atoms with E-state index in [0.717, 1.165) is 11.3 Å². The van der Waals surface area contributed by atoms with Crippen LogP contribution in [0.1, 0.15) is 29.0 Å². The molecule has 2 amide bonds. The van der Waals surface area contributed by atoms with Crippen LogP contribution in [0.3, 0.4) is 0 Å². The summed E-state index contributed by atoms with van der Waals surface area (Å²) in [6.45, 7) is 6.77. The number of carbonyl (C=O) groups excluding carboxylic acids is 2. The first-order valence-corrected chi connectivity index (χ1v) is 8.46. The Morgan fingerprint density at radius 1 is 1.41 bits per heavy atom. The summed E-state index contributed by atoms with van der Waals surface area (Å²) < 4.78 is 4.82. The lowest BCUT2D eigenvalue weighted by Gasteiger charge is -2.25. The minimum absolute atomic E-state index is 0.00259. The quantitative estimate of drug-likeness (QED) is 0.866. The Labute approximate surface area is 135 Å². The largest absolute Gasteiger partial charge is 0.465 e. The van der Waals surface area contributed by atoms with Gasteiger partial charge >= 0.3 is 12.0 Å². The van der Waals surface area contributed by atoms with Gasteiger partial charge < -0.3 is 15.0 Å². The number of nitrogens with zero attached hydrogens (tertiary/aromatic N) is 1. The molecule has 5 nitrogen and oxygen atoms in total. The topological polar surface area (TPSA) is 58.6 Å². The molecule has 1 N–H and O–H groups in total. The molecule has 1 heterocycles. The summed E-state index contributed by atoms with van der Waals surface area (Å²) in [5.41, 5.74) is 3.55. The van der Waals surface area contributed by atoms with Crippen molar-refractivity contribution in [2.75, 3.05) is 25.4 Å². The van der Waals surface area contributed by atoms with Gasteiger partial charge in [0.05, 0.1) is 6.61 Å². The fourth-order valence-electron chi connectivity index (χ4n) is 2.50. The number of nitrogens with one attached hydrogen (secondary N) is 1. The van der Waals surface area contributed by atoms with E-state index in [1.807, 2.05) is 0 Å². The number of hydrogen-bond acceptors (Lipinski definition) is 4. The third-order valence-corrected chi connectivity index (χ3v) is 4.77. The number of benzene rings is 1. The SMILES string of the molecule is CCOC(=O)CNC(=O)N1CCSC1c1ccc(C)cc1C. The van der Waals surface area contributed by atoms with Crippen LogP contribution in [0.25, 0.3) is 0 Å². The first-order valence-electron chi connectivity index (χ1n) is 7.41. The molecule has 120 valence electrons. The van der Waals surface area contributed by atoms with Crippen LogP contribution in [0.2, 0.25) is 0 Å². The molecule has 0 radical (unpaired) electrons. The highest BCUT2D eigenvalue weighted by molar-refractivity contribution is 7.99. The summed E-state index contributed by atoms with van der Waals surface area (Å²) in [5.74, 6) is 0.482. The lowest BCUT2D eigenvalue weighted by molar-refractivity contribution is -0.141. The van der Waals surface area contributed by atoms with Crippen molar-refractivity contribution in [1.29, 1.82) is 0 Å². The van der Waals surface area contributed by atoms with Crippen LogP contribution in [0.4, 0.5) is 4.79 Å². The van der Waals surface area contributed by atoms with Crippen LogP contribution in [-0.2, 0) is 9.53 Å². The van der Waals surface area contributed by atoms with E-state index in [4.69, 9.17) is 4.74 Å². The summed E-state index contributed by atoms with van der Waals surface area (Å²) >= 11 is 1.75. The zero-order valence-electron chi connectivity index (χ0n) is 13.2. The van der Waals surface area contributed by atoms with Crippen LogP contribution in [0.15, 0.2) is 18.2 Å². The van der Waals surface area contributed by atoms with Crippen molar-refractivity contribution >= 4 is 23.8 Å². The number of amides is 2. The normalized spacial score (nSPS) is 17.4. The van der Waals surface area contributed by atoms with E-state index >= 15 is 0 Å². The number of esters is 1. The summed E-state index contributed by atoms with van der Waals surface area (Å²) in [5, 5.41) is 2.64. The Balaban J connectivity index is 2.03. The average Bonchev–Trinajstić information content (AvgIpc) is 2.94. The molecule has 1 fully saturated rings. The standard InChI is InChI=1S/C16H22N2O3S/c1-4-21-14(19)10-17-16(20)18-7-8-22-15(18)13-6-5-11(2)9-12(13)3/h5-6,9,15H,4,7-8,10H2,1-3H3,(H,17,20). The second-order valence-corrected chi connectivity index (χ2v) is 6.43. The number of carbonyl (C=O) groups is 2. The molecular formula is C16H22N2O3S. The van der Waals surface area contributed by atoms with Crippen molar-refractivity contribution in [3.8, 4) is 0 Å². The molecule has 0 aliphatic carbocycles. The molecule has 1 aromatic carbocycles. The first-order chi connectivity index (χ1) is 10.5. The molecular weight excluding hydrogens is 300 g/mol. The Morgan fingerprint density at radius 2 is 2.18 bits per heavy atom. The van der Waals surface area contributed by atoms with E-state index in [2.05, 4.69) is 37.4 Å². The van der Waals surface area contributed by atoms with Crippen molar-refractivity contribution in [3.63, 3.8) is 0 Å². The second-order valence-electron chi connectivity index (χ2n) is 5.24. The van der Waals surface area contributed by atoms with E-state index in [0.29, 0.717) is 13.2 Å². The molecule has 22 heavy (non-hydrogen) atoms. The number of thioether (sulfide) groups is 1. The van der Waals surface area contributed by atoms with Gasteiger partial charge in [0, 0.05) is 12.3 Å². The Morgan fingerprint density at radius 3 is 2.86 bits per heavy atom.